The van der Waals surface area contributed by atoms with Gasteiger partial charge in [0, 0.05) is 32.4 Å². The van der Waals surface area contributed by atoms with E-state index in [1.807, 2.05) is 0 Å². The summed E-state index contributed by atoms with van der Waals surface area (Å²) in [6, 6.07) is 0. The van der Waals surface area contributed by atoms with E-state index < -0.39 is 6.29 Å². The summed E-state index contributed by atoms with van der Waals surface area (Å²) >= 11 is 0. The second kappa shape index (κ2) is 41.6. The molecule has 0 rings (SSSR count). The van der Waals surface area contributed by atoms with Crippen LogP contribution in [0.5, 0.6) is 0 Å². The van der Waals surface area contributed by atoms with Gasteiger partial charge in [0.2, 0.25) is 0 Å². The maximum atomic E-state index is 12.0. The molecule has 6 heteroatoms. The summed E-state index contributed by atoms with van der Waals surface area (Å²) in [6.07, 6.45) is 35.8. The Morgan fingerprint density at radius 2 is 1.00 bits per heavy atom. The van der Waals surface area contributed by atoms with Crippen molar-refractivity contribution in [3.8, 4) is 11.8 Å². The van der Waals surface area contributed by atoms with Crippen molar-refractivity contribution in [1.29, 1.82) is 0 Å². The minimum atomic E-state index is -0.617. The molecule has 0 bridgehead atoms. The zero-order valence-electron chi connectivity index (χ0n) is 34.4. The molecular formula is C45H87NO5. The van der Waals surface area contributed by atoms with Crippen molar-refractivity contribution in [3.63, 3.8) is 0 Å². The van der Waals surface area contributed by atoms with Crippen LogP contribution in [0.4, 0.5) is 0 Å². The Bertz CT molecular complexity index is 749. The Labute approximate surface area is 318 Å². The molecule has 0 aromatic heterocycles. The molecule has 1 atom stereocenters. The van der Waals surface area contributed by atoms with Crippen molar-refractivity contribution in [3.05, 3.63) is 0 Å². The average molecular weight is 722 g/mol. The Hall–Kier alpha value is -1.13. The van der Waals surface area contributed by atoms with Gasteiger partial charge in [-0.15, -0.1) is 11.8 Å². The third-order valence-corrected chi connectivity index (χ3v) is 10.0. The fourth-order valence-corrected chi connectivity index (χ4v) is 6.69. The highest BCUT2D eigenvalue weighted by molar-refractivity contribution is 5.69. The first-order valence-corrected chi connectivity index (χ1v) is 22.3. The highest BCUT2D eigenvalue weighted by Crippen LogP contribution is 2.20. The van der Waals surface area contributed by atoms with Crippen molar-refractivity contribution in [1.82, 2.24) is 4.90 Å². The summed E-state index contributed by atoms with van der Waals surface area (Å²) in [6.45, 7) is 10.6. The zero-order valence-corrected chi connectivity index (χ0v) is 34.4. The molecule has 2 N–H and O–H groups in total. The standard InChI is InChI=1S/C45H87NO5/c1-4-7-10-13-16-25-32-42-50-44(48)36-28-21-17-23-30-38-46(40-33-41-47)39-31-24-18-22-29-37-45(49)51-43(34-26-19-14-11-8-5-2)35-27-20-15-12-9-6-3/h43,45,47,49H,4-12,14-15,17-42H2,1-3H3. The topological polar surface area (TPSA) is 79.2 Å². The van der Waals surface area contributed by atoms with Gasteiger partial charge in [0.05, 0.1) is 12.7 Å². The zero-order chi connectivity index (χ0) is 37.3. The molecule has 0 saturated heterocycles. The molecule has 0 spiro atoms. The predicted octanol–water partition coefficient (Wildman–Crippen LogP) is 12.1. The molecule has 0 heterocycles. The normalized spacial score (nSPS) is 12.1. The highest BCUT2D eigenvalue weighted by Gasteiger charge is 2.15. The molecular weight excluding hydrogens is 634 g/mol. The van der Waals surface area contributed by atoms with Crippen molar-refractivity contribution in [2.24, 2.45) is 0 Å². The Morgan fingerprint density at radius 3 is 1.55 bits per heavy atom. The second-order valence-corrected chi connectivity index (χ2v) is 15.1. The molecule has 0 aliphatic rings. The fraction of sp³-hybridized carbons (Fsp3) is 0.933. The van der Waals surface area contributed by atoms with E-state index in [2.05, 4.69) is 37.5 Å². The van der Waals surface area contributed by atoms with E-state index in [1.165, 1.54) is 116 Å². The Balaban J connectivity index is 4.05. The van der Waals surface area contributed by atoms with Crippen LogP contribution in [0.25, 0.3) is 0 Å². The fourth-order valence-electron chi connectivity index (χ4n) is 6.69. The monoisotopic (exact) mass is 722 g/mol. The number of esters is 1. The second-order valence-electron chi connectivity index (χ2n) is 15.1. The lowest BCUT2D eigenvalue weighted by atomic mass is 10.0. The third kappa shape index (κ3) is 38.4. The van der Waals surface area contributed by atoms with Crippen LogP contribution in [0.1, 0.15) is 226 Å². The van der Waals surface area contributed by atoms with Gasteiger partial charge in [0.25, 0.3) is 0 Å². The van der Waals surface area contributed by atoms with Crippen LogP contribution >= 0.6 is 0 Å². The smallest absolute Gasteiger partial charge is 0.305 e. The lowest BCUT2D eigenvalue weighted by Gasteiger charge is -2.22. The quantitative estimate of drug-likeness (QED) is 0.0284. The number of ether oxygens (including phenoxy) is 2. The minimum Gasteiger partial charge on any atom is -0.466 e. The van der Waals surface area contributed by atoms with Crippen molar-refractivity contribution >= 4 is 5.97 Å². The number of aliphatic hydroxyl groups is 2. The van der Waals surface area contributed by atoms with Crippen LogP contribution in [-0.4, -0.2) is 66.3 Å². The van der Waals surface area contributed by atoms with Gasteiger partial charge < -0.3 is 24.6 Å². The molecule has 6 nitrogen and oxygen atoms in total. The van der Waals surface area contributed by atoms with Gasteiger partial charge in [0.15, 0.2) is 6.29 Å². The van der Waals surface area contributed by atoms with Crippen LogP contribution in [0.15, 0.2) is 0 Å². The van der Waals surface area contributed by atoms with Crippen molar-refractivity contribution in [2.75, 3.05) is 32.8 Å². The van der Waals surface area contributed by atoms with Crippen molar-refractivity contribution in [2.45, 2.75) is 239 Å². The predicted molar refractivity (Wildman–Crippen MR) is 218 cm³/mol. The molecule has 51 heavy (non-hydrogen) atoms. The van der Waals surface area contributed by atoms with Crippen LogP contribution < -0.4 is 0 Å². The molecule has 0 aromatic carbocycles. The Morgan fingerprint density at radius 1 is 0.549 bits per heavy atom. The summed E-state index contributed by atoms with van der Waals surface area (Å²) in [5, 5.41) is 20.1. The number of rotatable bonds is 40. The van der Waals surface area contributed by atoms with E-state index in [0.29, 0.717) is 13.0 Å². The highest BCUT2D eigenvalue weighted by atomic mass is 16.6. The largest absolute Gasteiger partial charge is 0.466 e. The van der Waals surface area contributed by atoms with Gasteiger partial charge in [-0.1, -0.05) is 143 Å². The number of aliphatic hydroxyl groups excluding tert-OH is 2. The number of unbranched alkanes of at least 4 members (excludes halogenated alkanes) is 21. The van der Waals surface area contributed by atoms with Crippen molar-refractivity contribution < 1.29 is 24.5 Å². The van der Waals surface area contributed by atoms with E-state index in [-0.39, 0.29) is 18.7 Å². The number of hydrogen-bond donors (Lipinski definition) is 2. The number of nitrogens with zero attached hydrogens (tertiary/aromatic N) is 1. The molecule has 0 aromatic rings. The first-order valence-electron chi connectivity index (χ1n) is 22.3. The average Bonchev–Trinajstić information content (AvgIpc) is 3.13. The minimum absolute atomic E-state index is 0.0696. The maximum Gasteiger partial charge on any atom is 0.305 e. The summed E-state index contributed by atoms with van der Waals surface area (Å²) in [5.74, 6) is 6.27. The van der Waals surface area contributed by atoms with Gasteiger partial charge in [0.1, 0.15) is 0 Å². The van der Waals surface area contributed by atoms with Crippen LogP contribution in [0.2, 0.25) is 0 Å². The van der Waals surface area contributed by atoms with Gasteiger partial charge in [-0.2, -0.15) is 0 Å². The number of hydrogen-bond acceptors (Lipinski definition) is 6. The van der Waals surface area contributed by atoms with Gasteiger partial charge in [-0.3, -0.25) is 4.79 Å². The molecule has 0 saturated carbocycles. The van der Waals surface area contributed by atoms with Crippen LogP contribution in [0, 0.1) is 11.8 Å². The van der Waals surface area contributed by atoms with Gasteiger partial charge >= 0.3 is 5.97 Å². The summed E-state index contributed by atoms with van der Waals surface area (Å²) in [4.78, 5) is 14.5. The molecule has 1 unspecified atom stereocenters. The molecule has 0 aliphatic heterocycles. The van der Waals surface area contributed by atoms with Gasteiger partial charge in [-0.25, -0.2) is 0 Å². The van der Waals surface area contributed by atoms with E-state index in [0.717, 1.165) is 103 Å². The molecule has 0 amide bonds. The summed E-state index contributed by atoms with van der Waals surface area (Å²) < 4.78 is 11.6. The van der Waals surface area contributed by atoms with Gasteiger partial charge in [-0.05, 0) is 77.3 Å². The first-order chi connectivity index (χ1) is 25.1. The van der Waals surface area contributed by atoms with Crippen LogP contribution in [0.3, 0.4) is 0 Å². The summed E-state index contributed by atoms with van der Waals surface area (Å²) in [7, 11) is 0. The van der Waals surface area contributed by atoms with Crippen LogP contribution in [-0.2, 0) is 14.3 Å². The first kappa shape index (κ1) is 49.9. The van der Waals surface area contributed by atoms with E-state index in [4.69, 9.17) is 9.47 Å². The molecule has 302 valence electrons. The SMILES string of the molecule is CCCCC#CCCCOC(=O)CCCCCCCN(CCCO)CCCCCCCC(O)OC(CCCCCCCC)CCCCCCCC. The van der Waals surface area contributed by atoms with E-state index >= 15 is 0 Å². The molecule has 0 radical (unpaired) electrons. The summed E-state index contributed by atoms with van der Waals surface area (Å²) in [5.41, 5.74) is 0. The lowest BCUT2D eigenvalue weighted by molar-refractivity contribution is -0.144. The van der Waals surface area contributed by atoms with E-state index in [9.17, 15) is 15.0 Å². The Kier molecular flexibility index (Phi) is 40.7. The molecule has 0 fully saturated rings. The third-order valence-electron chi connectivity index (χ3n) is 10.0. The lowest BCUT2D eigenvalue weighted by Crippen LogP contribution is -2.27. The maximum absolute atomic E-state index is 12.0. The number of carbonyl (C=O) groups excluding carboxylic acids is 1. The van der Waals surface area contributed by atoms with E-state index in [1.54, 1.807) is 0 Å². The molecule has 0 aliphatic carbocycles. The number of carbonyl (C=O) groups is 1.